The molecule has 1 fully saturated rings. The van der Waals surface area contributed by atoms with Gasteiger partial charge < -0.3 is 9.84 Å². The summed E-state index contributed by atoms with van der Waals surface area (Å²) in [5.74, 6) is 0.231. The van der Waals surface area contributed by atoms with Crippen molar-refractivity contribution in [3.8, 4) is 0 Å². The maximum Gasteiger partial charge on any atom is 0.371 e. The molecule has 1 saturated carbocycles. The van der Waals surface area contributed by atoms with Crippen LogP contribution in [0.25, 0.3) is 6.08 Å². The van der Waals surface area contributed by atoms with Gasteiger partial charge in [-0.25, -0.2) is 4.79 Å². The van der Waals surface area contributed by atoms with Crippen LogP contribution in [0, 0.1) is 11.8 Å². The van der Waals surface area contributed by atoms with Gasteiger partial charge in [-0.05, 0) is 42.7 Å². The third-order valence-corrected chi connectivity index (χ3v) is 4.77. The molecule has 1 N–H and O–H groups in total. The van der Waals surface area contributed by atoms with Gasteiger partial charge in [-0.2, -0.15) is 4.39 Å². The molecule has 2 bridgehead atoms. The number of hydrogen-bond acceptors (Lipinski definition) is 2. The smallest absolute Gasteiger partial charge is 0.371 e. The molecular weight excluding hydrogens is 343 g/mol. The molecule has 4 rings (SSSR count). The second-order valence-corrected chi connectivity index (χ2v) is 6.79. The van der Waals surface area contributed by atoms with E-state index in [1.807, 2.05) is 0 Å². The maximum atomic E-state index is 13.9. The van der Waals surface area contributed by atoms with Crippen molar-refractivity contribution >= 4 is 12.0 Å². The van der Waals surface area contributed by atoms with E-state index >= 15 is 0 Å². The summed E-state index contributed by atoms with van der Waals surface area (Å²) < 4.78 is 18.8. The van der Waals surface area contributed by atoms with E-state index in [-0.39, 0.29) is 5.56 Å². The van der Waals surface area contributed by atoms with Crippen molar-refractivity contribution in [3.05, 3.63) is 89.7 Å². The lowest BCUT2D eigenvalue weighted by Crippen LogP contribution is -2.07. The molecule has 3 unspecified atom stereocenters. The van der Waals surface area contributed by atoms with Crippen LogP contribution in [0.3, 0.4) is 0 Å². The van der Waals surface area contributed by atoms with Crippen LogP contribution in [0.1, 0.15) is 36.7 Å². The highest BCUT2D eigenvalue weighted by Crippen LogP contribution is 2.38. The van der Waals surface area contributed by atoms with Crippen LogP contribution in [0.2, 0.25) is 0 Å². The lowest BCUT2D eigenvalue weighted by atomic mass is 10.1. The van der Waals surface area contributed by atoms with Gasteiger partial charge in [0.2, 0.25) is 5.76 Å². The normalized spacial score (nSPS) is 21.3. The average molecular weight is 366 g/mol. The number of ether oxygens (including phenoxy) is 1. The van der Waals surface area contributed by atoms with Crippen molar-refractivity contribution in [3.63, 3.8) is 0 Å². The van der Waals surface area contributed by atoms with E-state index in [9.17, 15) is 9.18 Å². The first-order valence-corrected chi connectivity index (χ1v) is 9.16. The topological polar surface area (TPSA) is 46.5 Å². The Morgan fingerprint density at radius 2 is 1.56 bits per heavy atom. The minimum Gasteiger partial charge on any atom is -0.475 e. The Labute approximate surface area is 158 Å². The van der Waals surface area contributed by atoms with Crippen LogP contribution in [0.15, 0.2) is 78.6 Å². The van der Waals surface area contributed by atoms with E-state index in [4.69, 9.17) is 9.84 Å². The number of allylic oxidation sites excluding steroid dienone is 2. The standard InChI is InChI=1S/C16H13FO3.C7H10/c17-15(13-9-5-2-6-10-13)20-14(16(18)19)11-12-7-3-1-4-8-12;1-2-7-4-3-6(1)5-7/h1-11,15H,(H,18,19);1-2,6-7H,3-5H2. The zero-order valence-electron chi connectivity index (χ0n) is 15.0. The molecule has 0 heterocycles. The van der Waals surface area contributed by atoms with Gasteiger partial charge in [-0.1, -0.05) is 72.8 Å². The summed E-state index contributed by atoms with van der Waals surface area (Å²) >= 11 is 0. The molecule has 27 heavy (non-hydrogen) atoms. The van der Waals surface area contributed by atoms with Gasteiger partial charge in [-0.15, -0.1) is 0 Å². The summed E-state index contributed by atoms with van der Waals surface area (Å²) in [5, 5.41) is 9.07. The summed E-state index contributed by atoms with van der Waals surface area (Å²) in [7, 11) is 0. The van der Waals surface area contributed by atoms with Crippen molar-refractivity contribution in [1.29, 1.82) is 0 Å². The Bertz CT molecular complexity index is 787. The van der Waals surface area contributed by atoms with Crippen LogP contribution in [-0.2, 0) is 9.53 Å². The fourth-order valence-corrected chi connectivity index (χ4v) is 3.35. The highest BCUT2D eigenvalue weighted by Gasteiger charge is 2.25. The Hall–Kier alpha value is -2.88. The van der Waals surface area contributed by atoms with E-state index in [1.165, 1.54) is 37.5 Å². The number of hydrogen-bond donors (Lipinski definition) is 1. The quantitative estimate of drug-likeness (QED) is 0.415. The minimum atomic E-state index is -1.82. The summed E-state index contributed by atoms with van der Waals surface area (Å²) in [5.41, 5.74) is 0.901. The van der Waals surface area contributed by atoms with E-state index in [0.717, 1.165) is 11.8 Å². The number of fused-ring (bicyclic) bond motifs is 2. The average Bonchev–Trinajstić information content (AvgIpc) is 3.35. The Balaban J connectivity index is 0.000000246. The summed E-state index contributed by atoms with van der Waals surface area (Å²) in [6, 6.07) is 16.9. The molecular formula is C23H23FO3. The van der Waals surface area contributed by atoms with Crippen LogP contribution in [0.4, 0.5) is 4.39 Å². The summed E-state index contributed by atoms with van der Waals surface area (Å²) in [4.78, 5) is 11.1. The van der Waals surface area contributed by atoms with Gasteiger partial charge in [0.1, 0.15) is 0 Å². The minimum absolute atomic E-state index is 0.271. The highest BCUT2D eigenvalue weighted by molar-refractivity contribution is 5.89. The second-order valence-electron chi connectivity index (χ2n) is 6.79. The fourth-order valence-electron chi connectivity index (χ4n) is 3.35. The first-order chi connectivity index (χ1) is 13.1. The third kappa shape index (κ3) is 5.55. The number of aliphatic carboxylic acids is 1. The molecule has 140 valence electrons. The van der Waals surface area contributed by atoms with E-state index < -0.39 is 18.1 Å². The summed E-state index contributed by atoms with van der Waals surface area (Å²) in [6.07, 6.45) is 8.66. The van der Waals surface area contributed by atoms with Gasteiger partial charge in [0.05, 0.1) is 0 Å². The van der Waals surface area contributed by atoms with Crippen molar-refractivity contribution in [2.45, 2.75) is 25.6 Å². The molecule has 2 aromatic rings. The van der Waals surface area contributed by atoms with Crippen molar-refractivity contribution in [2.24, 2.45) is 11.8 Å². The largest absolute Gasteiger partial charge is 0.475 e. The molecule has 3 nitrogen and oxygen atoms in total. The lowest BCUT2D eigenvalue weighted by Gasteiger charge is -2.12. The zero-order valence-corrected chi connectivity index (χ0v) is 15.0. The van der Waals surface area contributed by atoms with Crippen LogP contribution in [-0.4, -0.2) is 11.1 Å². The molecule has 0 saturated heterocycles. The number of benzene rings is 2. The van der Waals surface area contributed by atoms with Crippen LogP contribution >= 0.6 is 0 Å². The molecule has 4 heteroatoms. The zero-order chi connectivity index (χ0) is 19.1. The molecule has 2 aliphatic carbocycles. The summed E-state index contributed by atoms with van der Waals surface area (Å²) in [6.45, 7) is 0. The van der Waals surface area contributed by atoms with Gasteiger partial charge in [0.25, 0.3) is 6.36 Å². The SMILES string of the molecule is C1=CC2CCC1C2.O=C(O)C(=Cc1ccccc1)OC(F)c1ccccc1. The third-order valence-electron chi connectivity index (χ3n) is 4.77. The van der Waals surface area contributed by atoms with Gasteiger partial charge in [0, 0.05) is 5.56 Å². The molecule has 2 aliphatic rings. The predicted octanol–water partition coefficient (Wildman–Crippen LogP) is 5.77. The van der Waals surface area contributed by atoms with Crippen molar-refractivity contribution in [1.82, 2.24) is 0 Å². The van der Waals surface area contributed by atoms with E-state index in [2.05, 4.69) is 12.2 Å². The molecule has 0 aliphatic heterocycles. The Morgan fingerprint density at radius 3 is 2.00 bits per heavy atom. The lowest BCUT2D eigenvalue weighted by molar-refractivity contribution is -0.140. The van der Waals surface area contributed by atoms with Crippen LogP contribution < -0.4 is 0 Å². The highest BCUT2D eigenvalue weighted by atomic mass is 19.1. The monoisotopic (exact) mass is 366 g/mol. The number of carbonyl (C=O) groups is 1. The van der Waals surface area contributed by atoms with E-state index in [0.29, 0.717) is 5.56 Å². The van der Waals surface area contributed by atoms with E-state index in [1.54, 1.807) is 48.5 Å². The fraction of sp³-hybridized carbons (Fsp3) is 0.261. The Kier molecular flexibility index (Phi) is 6.42. The number of rotatable bonds is 5. The number of carboxylic acid groups (broad SMARTS) is 1. The number of halogens is 1. The first-order valence-electron chi connectivity index (χ1n) is 9.16. The van der Waals surface area contributed by atoms with Crippen LogP contribution in [0.5, 0.6) is 0 Å². The molecule has 3 atom stereocenters. The molecule has 0 spiro atoms. The molecule has 2 aromatic carbocycles. The van der Waals surface area contributed by atoms with Gasteiger partial charge >= 0.3 is 5.97 Å². The predicted molar refractivity (Wildman–Crippen MR) is 103 cm³/mol. The van der Waals surface area contributed by atoms with Crippen molar-refractivity contribution in [2.75, 3.05) is 0 Å². The maximum absolute atomic E-state index is 13.9. The van der Waals surface area contributed by atoms with Crippen molar-refractivity contribution < 1.29 is 19.0 Å². The first kappa shape index (κ1) is 18.9. The van der Waals surface area contributed by atoms with Gasteiger partial charge in [0.15, 0.2) is 0 Å². The molecule has 0 amide bonds. The Morgan fingerprint density at radius 1 is 1.00 bits per heavy atom. The number of alkyl halides is 1. The molecule has 0 aromatic heterocycles. The number of carboxylic acids is 1. The van der Waals surface area contributed by atoms with Gasteiger partial charge in [-0.3, -0.25) is 0 Å². The molecule has 0 radical (unpaired) electrons. The second kappa shape index (κ2) is 9.17.